The Morgan fingerprint density at radius 3 is 3.00 bits per heavy atom. The molecular weight excluding hydrogens is 320 g/mol. The standard InChI is InChI=1S/C11H15BrN2O3S/c1-17-8-9-2-3-14(7-9)18(15,16)11-4-10(12)5-13-6-11/h4-6,9H,2-3,7-8H2,1H3. The van der Waals surface area contributed by atoms with Crippen LogP contribution in [0.5, 0.6) is 0 Å². The van der Waals surface area contributed by atoms with Gasteiger partial charge < -0.3 is 4.74 Å². The highest BCUT2D eigenvalue weighted by Crippen LogP contribution is 2.25. The summed E-state index contributed by atoms with van der Waals surface area (Å²) >= 11 is 3.23. The molecule has 1 aromatic rings. The van der Waals surface area contributed by atoms with Crippen LogP contribution in [0.15, 0.2) is 27.8 Å². The summed E-state index contributed by atoms with van der Waals surface area (Å²) in [6.45, 7) is 1.66. The first kappa shape index (κ1) is 13.9. The van der Waals surface area contributed by atoms with E-state index in [4.69, 9.17) is 4.74 Å². The summed E-state index contributed by atoms with van der Waals surface area (Å²) in [4.78, 5) is 4.13. The van der Waals surface area contributed by atoms with Crippen molar-refractivity contribution in [1.29, 1.82) is 0 Å². The second kappa shape index (κ2) is 5.64. The molecule has 1 unspecified atom stereocenters. The van der Waals surface area contributed by atoms with Crippen molar-refractivity contribution in [2.45, 2.75) is 11.3 Å². The maximum atomic E-state index is 12.4. The van der Waals surface area contributed by atoms with E-state index < -0.39 is 10.0 Å². The summed E-state index contributed by atoms with van der Waals surface area (Å²) in [5, 5.41) is 0. The molecular formula is C11H15BrN2O3S. The monoisotopic (exact) mass is 334 g/mol. The molecule has 1 atom stereocenters. The average Bonchev–Trinajstić information content (AvgIpc) is 2.79. The van der Waals surface area contributed by atoms with Crippen molar-refractivity contribution in [3.05, 3.63) is 22.9 Å². The topological polar surface area (TPSA) is 59.5 Å². The van der Waals surface area contributed by atoms with Gasteiger partial charge in [-0.25, -0.2) is 8.42 Å². The number of methoxy groups -OCH3 is 1. The summed E-state index contributed by atoms with van der Waals surface area (Å²) in [7, 11) is -1.79. The number of aromatic nitrogens is 1. The minimum absolute atomic E-state index is 0.231. The van der Waals surface area contributed by atoms with Crippen LogP contribution < -0.4 is 0 Å². The van der Waals surface area contributed by atoms with E-state index >= 15 is 0 Å². The van der Waals surface area contributed by atoms with Gasteiger partial charge in [-0.1, -0.05) is 0 Å². The van der Waals surface area contributed by atoms with Crippen molar-refractivity contribution >= 4 is 26.0 Å². The Balaban J connectivity index is 2.18. The van der Waals surface area contributed by atoms with Gasteiger partial charge in [0.2, 0.25) is 10.0 Å². The van der Waals surface area contributed by atoms with Gasteiger partial charge in [-0.15, -0.1) is 0 Å². The van der Waals surface area contributed by atoms with Gasteiger partial charge in [-0.05, 0) is 34.3 Å². The van der Waals surface area contributed by atoms with Gasteiger partial charge in [0, 0.05) is 37.1 Å². The molecule has 2 rings (SSSR count). The van der Waals surface area contributed by atoms with E-state index in [1.807, 2.05) is 0 Å². The van der Waals surface area contributed by atoms with Gasteiger partial charge in [-0.2, -0.15) is 4.31 Å². The molecule has 1 aliphatic heterocycles. The largest absolute Gasteiger partial charge is 0.384 e. The van der Waals surface area contributed by atoms with Crippen molar-refractivity contribution < 1.29 is 13.2 Å². The number of rotatable bonds is 4. The molecule has 7 heteroatoms. The first-order valence-corrected chi connectivity index (χ1v) is 7.87. The van der Waals surface area contributed by atoms with Gasteiger partial charge in [0.25, 0.3) is 0 Å². The van der Waals surface area contributed by atoms with E-state index in [1.54, 1.807) is 19.4 Å². The fraction of sp³-hybridized carbons (Fsp3) is 0.545. The van der Waals surface area contributed by atoms with E-state index in [-0.39, 0.29) is 10.8 Å². The predicted molar refractivity (Wildman–Crippen MR) is 70.7 cm³/mol. The minimum atomic E-state index is -3.43. The summed E-state index contributed by atoms with van der Waals surface area (Å²) in [5.74, 6) is 0.282. The first-order chi connectivity index (χ1) is 8.54. The molecule has 1 fully saturated rings. The molecule has 0 amide bonds. The van der Waals surface area contributed by atoms with Crippen LogP contribution in [0.2, 0.25) is 0 Å². The predicted octanol–water partition coefficient (Wildman–Crippen LogP) is 1.50. The van der Waals surface area contributed by atoms with E-state index in [0.29, 0.717) is 24.2 Å². The number of pyridine rings is 1. The average molecular weight is 335 g/mol. The van der Waals surface area contributed by atoms with Crippen molar-refractivity contribution in [3.8, 4) is 0 Å². The second-order valence-corrected chi connectivity index (χ2v) is 7.17. The molecule has 0 aromatic carbocycles. The maximum absolute atomic E-state index is 12.4. The van der Waals surface area contributed by atoms with Gasteiger partial charge in [0.15, 0.2) is 0 Å². The lowest BCUT2D eigenvalue weighted by atomic mass is 10.1. The van der Waals surface area contributed by atoms with Crippen LogP contribution in [-0.4, -0.2) is 44.5 Å². The third-order valence-corrected chi connectivity index (χ3v) is 5.23. The molecule has 1 saturated heterocycles. The first-order valence-electron chi connectivity index (χ1n) is 5.63. The number of hydrogen-bond donors (Lipinski definition) is 0. The van der Waals surface area contributed by atoms with E-state index in [2.05, 4.69) is 20.9 Å². The van der Waals surface area contributed by atoms with E-state index in [9.17, 15) is 8.42 Å². The molecule has 0 radical (unpaired) electrons. The van der Waals surface area contributed by atoms with Gasteiger partial charge >= 0.3 is 0 Å². The Morgan fingerprint density at radius 2 is 2.33 bits per heavy atom. The molecule has 5 nitrogen and oxygen atoms in total. The normalized spacial score (nSPS) is 21.3. The van der Waals surface area contributed by atoms with Crippen LogP contribution in [0.25, 0.3) is 0 Å². The molecule has 0 saturated carbocycles. The number of hydrogen-bond acceptors (Lipinski definition) is 4. The van der Waals surface area contributed by atoms with Gasteiger partial charge in [0.05, 0.1) is 6.61 Å². The molecule has 2 heterocycles. The van der Waals surface area contributed by atoms with Crippen molar-refractivity contribution in [2.24, 2.45) is 5.92 Å². The highest BCUT2D eigenvalue weighted by atomic mass is 79.9. The molecule has 1 aromatic heterocycles. The molecule has 1 aliphatic rings. The van der Waals surface area contributed by atoms with Crippen LogP contribution >= 0.6 is 15.9 Å². The Morgan fingerprint density at radius 1 is 1.56 bits per heavy atom. The number of halogens is 1. The molecule has 0 N–H and O–H groups in total. The highest BCUT2D eigenvalue weighted by molar-refractivity contribution is 9.10. The van der Waals surface area contributed by atoms with Crippen molar-refractivity contribution in [2.75, 3.05) is 26.8 Å². The molecule has 0 aliphatic carbocycles. The molecule has 0 spiro atoms. The second-order valence-electron chi connectivity index (χ2n) is 4.31. The van der Waals surface area contributed by atoms with Gasteiger partial charge in [-0.3, -0.25) is 4.98 Å². The fourth-order valence-corrected chi connectivity index (χ4v) is 4.11. The fourth-order valence-electron chi connectivity index (χ4n) is 2.07. The van der Waals surface area contributed by atoms with Crippen LogP contribution in [0, 0.1) is 5.92 Å². The lowest BCUT2D eigenvalue weighted by Crippen LogP contribution is -2.29. The zero-order chi connectivity index (χ0) is 13.2. The summed E-state index contributed by atoms with van der Waals surface area (Å²) < 4.78 is 32.0. The van der Waals surface area contributed by atoms with Crippen LogP contribution in [0.4, 0.5) is 0 Å². The van der Waals surface area contributed by atoms with Crippen LogP contribution in [0.3, 0.4) is 0 Å². The third-order valence-electron chi connectivity index (χ3n) is 2.97. The SMILES string of the molecule is COCC1CCN(S(=O)(=O)c2cncc(Br)c2)C1. The van der Waals surface area contributed by atoms with Crippen molar-refractivity contribution in [3.63, 3.8) is 0 Å². The quantitative estimate of drug-likeness (QED) is 0.837. The zero-order valence-electron chi connectivity index (χ0n) is 10.0. The number of nitrogens with zero attached hydrogens (tertiary/aromatic N) is 2. The summed E-state index contributed by atoms with van der Waals surface area (Å²) in [6, 6.07) is 1.58. The zero-order valence-corrected chi connectivity index (χ0v) is 12.4. The molecule has 0 bridgehead atoms. The lowest BCUT2D eigenvalue weighted by Gasteiger charge is -2.16. The van der Waals surface area contributed by atoms with Crippen LogP contribution in [-0.2, 0) is 14.8 Å². The minimum Gasteiger partial charge on any atom is -0.384 e. The molecule has 18 heavy (non-hydrogen) atoms. The Kier molecular flexibility index (Phi) is 4.37. The lowest BCUT2D eigenvalue weighted by molar-refractivity contribution is 0.157. The smallest absolute Gasteiger partial charge is 0.244 e. The highest BCUT2D eigenvalue weighted by Gasteiger charge is 2.32. The van der Waals surface area contributed by atoms with E-state index in [1.165, 1.54) is 10.5 Å². The maximum Gasteiger partial charge on any atom is 0.244 e. The third kappa shape index (κ3) is 2.90. The number of sulfonamides is 1. The van der Waals surface area contributed by atoms with E-state index in [0.717, 1.165) is 6.42 Å². The number of ether oxygens (including phenoxy) is 1. The Labute approximate surface area is 115 Å². The van der Waals surface area contributed by atoms with Gasteiger partial charge in [0.1, 0.15) is 4.90 Å². The van der Waals surface area contributed by atoms with Crippen molar-refractivity contribution in [1.82, 2.24) is 9.29 Å². The summed E-state index contributed by atoms with van der Waals surface area (Å²) in [6.07, 6.45) is 3.79. The van der Waals surface area contributed by atoms with Crippen LogP contribution in [0.1, 0.15) is 6.42 Å². The summed E-state index contributed by atoms with van der Waals surface area (Å²) in [5.41, 5.74) is 0. The Hall–Kier alpha value is -0.500. The molecule has 100 valence electrons. The Bertz CT molecular complexity index is 521.